The second-order valence-corrected chi connectivity index (χ2v) is 4.83. The van der Waals surface area contributed by atoms with Crippen LogP contribution < -0.4 is 5.32 Å². The van der Waals surface area contributed by atoms with Crippen molar-refractivity contribution in [2.24, 2.45) is 0 Å². The van der Waals surface area contributed by atoms with Gasteiger partial charge in [0.15, 0.2) is 0 Å². The van der Waals surface area contributed by atoms with Crippen LogP contribution in [0.25, 0.3) is 0 Å². The first-order valence-electron chi connectivity index (χ1n) is 5.54. The number of para-hydroxylation sites is 1. The fraction of sp³-hybridized carbons (Fsp3) is 0.143. The van der Waals surface area contributed by atoms with Crippen LogP contribution in [0.15, 0.2) is 42.5 Å². The van der Waals surface area contributed by atoms with E-state index in [2.05, 4.69) is 5.32 Å². The van der Waals surface area contributed by atoms with Gasteiger partial charge in [-0.1, -0.05) is 41.4 Å². The maximum absolute atomic E-state index is 12.8. The van der Waals surface area contributed by atoms with Crippen molar-refractivity contribution in [2.75, 3.05) is 5.32 Å². The van der Waals surface area contributed by atoms with Crippen LogP contribution in [-0.4, -0.2) is 0 Å². The Bertz CT molecular complexity index is 520. The van der Waals surface area contributed by atoms with Crippen molar-refractivity contribution in [1.82, 2.24) is 0 Å². The Kier molecular flexibility index (Phi) is 4.10. The number of anilines is 1. The van der Waals surface area contributed by atoms with E-state index in [9.17, 15) is 4.39 Å². The predicted molar refractivity (Wildman–Crippen MR) is 74.9 cm³/mol. The maximum Gasteiger partial charge on any atom is 0.123 e. The van der Waals surface area contributed by atoms with Gasteiger partial charge in [0.25, 0.3) is 0 Å². The van der Waals surface area contributed by atoms with Gasteiger partial charge in [0.1, 0.15) is 5.82 Å². The highest BCUT2D eigenvalue weighted by Gasteiger charge is 2.10. The van der Waals surface area contributed by atoms with E-state index < -0.39 is 0 Å². The zero-order valence-electron chi connectivity index (χ0n) is 9.75. The zero-order valence-corrected chi connectivity index (χ0v) is 11.3. The third-order valence-electron chi connectivity index (χ3n) is 2.69. The number of hydrogen-bond acceptors (Lipinski definition) is 1. The second-order valence-electron chi connectivity index (χ2n) is 4.01. The second kappa shape index (κ2) is 5.59. The van der Waals surface area contributed by atoms with Gasteiger partial charge >= 0.3 is 0 Å². The molecule has 0 radical (unpaired) electrons. The van der Waals surface area contributed by atoms with E-state index in [0.29, 0.717) is 15.7 Å². The van der Waals surface area contributed by atoms with Crippen LogP contribution in [0.2, 0.25) is 10.0 Å². The van der Waals surface area contributed by atoms with E-state index in [1.165, 1.54) is 12.1 Å². The lowest BCUT2D eigenvalue weighted by molar-refractivity contribution is 0.626. The number of halogens is 3. The predicted octanol–water partition coefficient (Wildman–Crippen LogP) is 5.31. The zero-order chi connectivity index (χ0) is 13.1. The molecule has 0 saturated heterocycles. The molecular weight excluding hydrogens is 272 g/mol. The molecule has 94 valence electrons. The van der Waals surface area contributed by atoms with Crippen LogP contribution in [0.3, 0.4) is 0 Å². The summed E-state index contributed by atoms with van der Waals surface area (Å²) in [7, 11) is 0. The number of rotatable bonds is 3. The van der Waals surface area contributed by atoms with E-state index in [1.807, 2.05) is 6.92 Å². The third-order valence-corrected chi connectivity index (χ3v) is 3.32. The minimum Gasteiger partial charge on any atom is -0.376 e. The molecular formula is C14H12Cl2FN. The molecule has 0 amide bonds. The van der Waals surface area contributed by atoms with Crippen LogP contribution in [0.1, 0.15) is 18.5 Å². The highest BCUT2D eigenvalue weighted by atomic mass is 35.5. The van der Waals surface area contributed by atoms with Gasteiger partial charge in [-0.15, -0.1) is 0 Å². The molecule has 0 saturated carbocycles. The first-order chi connectivity index (χ1) is 8.58. The summed E-state index contributed by atoms with van der Waals surface area (Å²) in [5.41, 5.74) is 1.66. The molecule has 0 aliphatic rings. The lowest BCUT2D eigenvalue weighted by Crippen LogP contribution is -2.07. The van der Waals surface area contributed by atoms with E-state index in [0.717, 1.165) is 5.56 Å². The van der Waals surface area contributed by atoms with Crippen molar-refractivity contribution in [2.45, 2.75) is 13.0 Å². The summed E-state index contributed by atoms with van der Waals surface area (Å²) in [6, 6.07) is 11.7. The number of nitrogens with one attached hydrogen (secondary N) is 1. The number of hydrogen-bond donors (Lipinski definition) is 1. The topological polar surface area (TPSA) is 12.0 Å². The van der Waals surface area contributed by atoms with Gasteiger partial charge < -0.3 is 5.32 Å². The molecule has 0 aliphatic carbocycles. The minimum absolute atomic E-state index is 0.0111. The van der Waals surface area contributed by atoms with Crippen LogP contribution in [-0.2, 0) is 0 Å². The molecule has 1 unspecified atom stereocenters. The molecule has 0 heterocycles. The highest BCUT2D eigenvalue weighted by molar-refractivity contribution is 6.39. The summed E-state index contributed by atoms with van der Waals surface area (Å²) >= 11 is 12.2. The van der Waals surface area contributed by atoms with Gasteiger partial charge in [0.05, 0.1) is 15.7 Å². The van der Waals surface area contributed by atoms with Crippen molar-refractivity contribution in [1.29, 1.82) is 0 Å². The monoisotopic (exact) mass is 283 g/mol. The Hall–Kier alpha value is -1.25. The fourth-order valence-corrected chi connectivity index (χ4v) is 2.19. The SMILES string of the molecule is CC(Nc1c(Cl)cccc1Cl)c1ccc(F)cc1. The molecule has 0 bridgehead atoms. The van der Waals surface area contributed by atoms with E-state index >= 15 is 0 Å². The first kappa shape index (κ1) is 13.2. The Labute approximate surface area is 116 Å². The molecule has 0 aliphatic heterocycles. The van der Waals surface area contributed by atoms with Gasteiger partial charge in [0, 0.05) is 6.04 Å². The summed E-state index contributed by atoms with van der Waals surface area (Å²) in [5.74, 6) is -0.248. The smallest absolute Gasteiger partial charge is 0.123 e. The molecule has 0 aromatic heterocycles. The molecule has 2 rings (SSSR count). The summed E-state index contributed by atoms with van der Waals surface area (Å²) in [6.45, 7) is 1.97. The van der Waals surface area contributed by atoms with E-state index in [1.54, 1.807) is 30.3 Å². The van der Waals surface area contributed by atoms with Gasteiger partial charge in [-0.25, -0.2) is 4.39 Å². The maximum atomic E-state index is 12.8. The van der Waals surface area contributed by atoms with Gasteiger partial charge in [-0.3, -0.25) is 0 Å². The fourth-order valence-electron chi connectivity index (χ4n) is 1.69. The molecule has 2 aromatic rings. The Morgan fingerprint density at radius 3 is 2.11 bits per heavy atom. The Morgan fingerprint density at radius 2 is 1.56 bits per heavy atom. The quantitative estimate of drug-likeness (QED) is 0.805. The van der Waals surface area contributed by atoms with Crippen LogP contribution in [0.5, 0.6) is 0 Å². The largest absolute Gasteiger partial charge is 0.376 e. The molecule has 4 heteroatoms. The molecule has 2 aromatic carbocycles. The lowest BCUT2D eigenvalue weighted by Gasteiger charge is -2.17. The van der Waals surface area contributed by atoms with Crippen molar-refractivity contribution >= 4 is 28.9 Å². The minimum atomic E-state index is -0.248. The van der Waals surface area contributed by atoms with Crippen molar-refractivity contribution in [3.8, 4) is 0 Å². The van der Waals surface area contributed by atoms with Gasteiger partial charge in [-0.2, -0.15) is 0 Å². The molecule has 0 spiro atoms. The standard InChI is InChI=1S/C14H12Cl2FN/c1-9(10-5-7-11(17)8-6-10)18-14-12(15)3-2-4-13(14)16/h2-9,18H,1H3. The van der Waals surface area contributed by atoms with Crippen molar-refractivity contribution < 1.29 is 4.39 Å². The van der Waals surface area contributed by atoms with Crippen LogP contribution >= 0.6 is 23.2 Å². The van der Waals surface area contributed by atoms with Crippen molar-refractivity contribution in [3.05, 3.63) is 63.9 Å². The molecule has 18 heavy (non-hydrogen) atoms. The summed E-state index contributed by atoms with van der Waals surface area (Å²) in [4.78, 5) is 0. The van der Waals surface area contributed by atoms with Crippen molar-refractivity contribution in [3.63, 3.8) is 0 Å². The number of benzene rings is 2. The average molecular weight is 284 g/mol. The third kappa shape index (κ3) is 2.95. The summed E-state index contributed by atoms with van der Waals surface area (Å²) in [5, 5.41) is 4.36. The Balaban J connectivity index is 2.21. The van der Waals surface area contributed by atoms with E-state index in [4.69, 9.17) is 23.2 Å². The average Bonchev–Trinajstić information content (AvgIpc) is 2.34. The lowest BCUT2D eigenvalue weighted by atomic mass is 10.1. The molecule has 1 N–H and O–H groups in total. The van der Waals surface area contributed by atoms with E-state index in [-0.39, 0.29) is 11.9 Å². The normalized spacial score (nSPS) is 12.2. The first-order valence-corrected chi connectivity index (χ1v) is 6.29. The van der Waals surface area contributed by atoms with Crippen LogP contribution in [0.4, 0.5) is 10.1 Å². The highest BCUT2D eigenvalue weighted by Crippen LogP contribution is 2.32. The molecule has 0 fully saturated rings. The summed E-state index contributed by atoms with van der Waals surface area (Å²) in [6.07, 6.45) is 0. The van der Waals surface area contributed by atoms with Gasteiger partial charge in [-0.05, 0) is 36.8 Å². The molecule has 1 atom stereocenters. The van der Waals surface area contributed by atoms with Gasteiger partial charge in [0.2, 0.25) is 0 Å². The van der Waals surface area contributed by atoms with Crippen LogP contribution in [0, 0.1) is 5.82 Å². The summed E-state index contributed by atoms with van der Waals surface area (Å²) < 4.78 is 12.8. The Morgan fingerprint density at radius 1 is 1.00 bits per heavy atom. The molecule has 1 nitrogen and oxygen atoms in total.